The quantitative estimate of drug-likeness (QED) is 0.617. The van der Waals surface area contributed by atoms with Crippen molar-refractivity contribution in [3.8, 4) is 5.75 Å². The van der Waals surface area contributed by atoms with Crippen LogP contribution >= 0.6 is 0 Å². The van der Waals surface area contributed by atoms with E-state index in [1.54, 1.807) is 72.8 Å². The van der Waals surface area contributed by atoms with Gasteiger partial charge in [-0.25, -0.2) is 0 Å². The Balaban J connectivity index is 1.65. The minimum Gasteiger partial charge on any atom is -0.508 e. The highest BCUT2D eigenvalue weighted by atomic mass is 16.3. The number of amides is 2. The second-order valence-corrected chi connectivity index (χ2v) is 6.18. The lowest BCUT2D eigenvalue weighted by Gasteiger charge is -2.07. The van der Waals surface area contributed by atoms with E-state index in [0.717, 1.165) is 11.1 Å². The topological polar surface area (TPSA) is 78.4 Å². The fourth-order valence-electron chi connectivity index (χ4n) is 2.94. The molecule has 3 aromatic carbocycles. The van der Waals surface area contributed by atoms with E-state index in [1.165, 1.54) is 0 Å². The smallest absolute Gasteiger partial charge is 0.256 e. The Morgan fingerprint density at radius 3 is 2.44 bits per heavy atom. The van der Waals surface area contributed by atoms with Gasteiger partial charge in [-0.2, -0.15) is 0 Å². The highest BCUT2D eigenvalue weighted by Crippen LogP contribution is 2.35. The number of carbonyl (C=O) groups is 2. The van der Waals surface area contributed by atoms with Gasteiger partial charge in [-0.3, -0.25) is 9.59 Å². The van der Waals surface area contributed by atoms with Gasteiger partial charge in [0.15, 0.2) is 0 Å². The lowest BCUT2D eigenvalue weighted by Crippen LogP contribution is -2.11. The third-order valence-corrected chi connectivity index (χ3v) is 4.30. The number of fused-ring (bicyclic) bond motifs is 1. The van der Waals surface area contributed by atoms with Gasteiger partial charge in [-0.05, 0) is 54.1 Å². The molecular formula is C22H16N2O3. The average Bonchev–Trinajstić information content (AvgIpc) is 2.99. The van der Waals surface area contributed by atoms with Crippen LogP contribution in [0, 0.1) is 0 Å². The first-order valence-electron chi connectivity index (χ1n) is 8.43. The van der Waals surface area contributed by atoms with Crippen LogP contribution in [-0.4, -0.2) is 16.9 Å². The van der Waals surface area contributed by atoms with E-state index >= 15 is 0 Å². The van der Waals surface area contributed by atoms with Crippen molar-refractivity contribution in [2.75, 3.05) is 10.6 Å². The molecule has 1 aliphatic rings. The maximum atomic E-state index is 12.4. The summed E-state index contributed by atoms with van der Waals surface area (Å²) in [5, 5.41) is 15.1. The Morgan fingerprint density at radius 1 is 0.963 bits per heavy atom. The van der Waals surface area contributed by atoms with Crippen LogP contribution < -0.4 is 10.6 Å². The number of hydrogen-bond acceptors (Lipinski definition) is 3. The number of carbonyl (C=O) groups excluding carboxylic acids is 2. The predicted molar refractivity (Wildman–Crippen MR) is 105 cm³/mol. The molecule has 5 nitrogen and oxygen atoms in total. The predicted octanol–water partition coefficient (Wildman–Crippen LogP) is 4.14. The van der Waals surface area contributed by atoms with Crippen molar-refractivity contribution in [2.24, 2.45) is 0 Å². The number of aromatic hydroxyl groups is 1. The van der Waals surface area contributed by atoms with E-state index in [2.05, 4.69) is 10.6 Å². The SMILES string of the molecule is O=C1Nc2ccc(NC(=O)c3ccccc3)cc2/C1=C\c1ccc(O)cc1. The average molecular weight is 356 g/mol. The van der Waals surface area contributed by atoms with Gasteiger partial charge in [-0.15, -0.1) is 0 Å². The van der Waals surface area contributed by atoms with Gasteiger partial charge < -0.3 is 15.7 Å². The van der Waals surface area contributed by atoms with E-state index in [4.69, 9.17) is 0 Å². The van der Waals surface area contributed by atoms with Crippen LogP contribution in [-0.2, 0) is 4.79 Å². The molecule has 0 spiro atoms. The third kappa shape index (κ3) is 3.43. The van der Waals surface area contributed by atoms with Gasteiger partial charge in [0.2, 0.25) is 0 Å². The second-order valence-electron chi connectivity index (χ2n) is 6.18. The molecule has 4 rings (SSSR count). The molecule has 0 bridgehead atoms. The van der Waals surface area contributed by atoms with Crippen molar-refractivity contribution >= 4 is 34.8 Å². The molecule has 0 saturated carbocycles. The van der Waals surface area contributed by atoms with Crippen LogP contribution in [0.25, 0.3) is 11.6 Å². The summed E-state index contributed by atoms with van der Waals surface area (Å²) in [4.78, 5) is 24.7. The molecule has 0 radical (unpaired) electrons. The van der Waals surface area contributed by atoms with Gasteiger partial charge >= 0.3 is 0 Å². The van der Waals surface area contributed by atoms with Crippen molar-refractivity contribution in [1.82, 2.24) is 0 Å². The van der Waals surface area contributed by atoms with E-state index in [-0.39, 0.29) is 17.6 Å². The molecule has 0 atom stereocenters. The molecule has 2 amide bonds. The highest BCUT2D eigenvalue weighted by molar-refractivity contribution is 6.35. The minimum atomic E-state index is -0.211. The van der Waals surface area contributed by atoms with Gasteiger partial charge in [0, 0.05) is 28.1 Å². The minimum absolute atomic E-state index is 0.166. The summed E-state index contributed by atoms with van der Waals surface area (Å²) in [5.74, 6) is -0.249. The van der Waals surface area contributed by atoms with Gasteiger partial charge in [0.1, 0.15) is 5.75 Å². The summed E-state index contributed by atoms with van der Waals surface area (Å²) >= 11 is 0. The van der Waals surface area contributed by atoms with Crippen molar-refractivity contribution in [3.63, 3.8) is 0 Å². The van der Waals surface area contributed by atoms with E-state index in [9.17, 15) is 14.7 Å². The largest absolute Gasteiger partial charge is 0.508 e. The summed E-state index contributed by atoms with van der Waals surface area (Å²) in [7, 11) is 0. The molecule has 1 heterocycles. The third-order valence-electron chi connectivity index (χ3n) is 4.30. The molecule has 27 heavy (non-hydrogen) atoms. The summed E-state index contributed by atoms with van der Waals surface area (Å²) in [6, 6.07) is 20.8. The van der Waals surface area contributed by atoms with Crippen LogP contribution in [0.2, 0.25) is 0 Å². The van der Waals surface area contributed by atoms with Crippen LogP contribution in [0.5, 0.6) is 5.75 Å². The van der Waals surface area contributed by atoms with E-state index < -0.39 is 0 Å². The Bertz CT molecular complexity index is 1050. The number of hydrogen-bond donors (Lipinski definition) is 3. The van der Waals surface area contributed by atoms with Crippen molar-refractivity contribution < 1.29 is 14.7 Å². The zero-order valence-electron chi connectivity index (χ0n) is 14.3. The molecule has 0 aromatic heterocycles. The molecule has 0 aliphatic carbocycles. The lowest BCUT2D eigenvalue weighted by atomic mass is 10.0. The van der Waals surface area contributed by atoms with Crippen LogP contribution in [0.3, 0.4) is 0 Å². The molecule has 0 saturated heterocycles. The van der Waals surface area contributed by atoms with Crippen molar-refractivity contribution in [3.05, 3.63) is 89.5 Å². The Hall–Kier alpha value is -3.86. The Morgan fingerprint density at radius 2 is 1.70 bits per heavy atom. The first-order chi connectivity index (χ1) is 13.1. The first-order valence-corrected chi connectivity index (χ1v) is 8.43. The summed E-state index contributed by atoms with van der Waals surface area (Å²) in [6.07, 6.45) is 1.75. The number of phenolic OH excluding ortho intramolecular Hbond substituents is 1. The molecular weight excluding hydrogens is 340 g/mol. The maximum Gasteiger partial charge on any atom is 0.256 e. The van der Waals surface area contributed by atoms with Crippen LogP contribution in [0.4, 0.5) is 11.4 Å². The van der Waals surface area contributed by atoms with Crippen LogP contribution in [0.1, 0.15) is 21.5 Å². The number of benzene rings is 3. The van der Waals surface area contributed by atoms with Crippen LogP contribution in [0.15, 0.2) is 72.8 Å². The number of nitrogens with one attached hydrogen (secondary N) is 2. The summed E-state index contributed by atoms with van der Waals surface area (Å²) < 4.78 is 0. The maximum absolute atomic E-state index is 12.4. The standard InChI is InChI=1S/C22H16N2O3/c25-17-9-6-14(7-10-17)12-19-18-13-16(8-11-20(18)24-22(19)27)23-21(26)15-4-2-1-3-5-15/h1-13,25H,(H,23,26)(H,24,27)/b19-12+. The zero-order valence-corrected chi connectivity index (χ0v) is 14.3. The monoisotopic (exact) mass is 356 g/mol. The van der Waals surface area contributed by atoms with Gasteiger partial charge in [0.25, 0.3) is 11.8 Å². The molecule has 3 aromatic rings. The molecule has 3 N–H and O–H groups in total. The summed E-state index contributed by atoms with van der Waals surface area (Å²) in [6.45, 7) is 0. The lowest BCUT2D eigenvalue weighted by molar-refractivity contribution is -0.110. The fraction of sp³-hybridized carbons (Fsp3) is 0. The van der Waals surface area contributed by atoms with Crippen molar-refractivity contribution in [2.45, 2.75) is 0 Å². The van der Waals surface area contributed by atoms with Gasteiger partial charge in [-0.1, -0.05) is 30.3 Å². The fourth-order valence-corrected chi connectivity index (χ4v) is 2.94. The molecule has 0 fully saturated rings. The van der Waals surface area contributed by atoms with Crippen molar-refractivity contribution in [1.29, 1.82) is 0 Å². The molecule has 5 heteroatoms. The number of anilines is 2. The van der Waals surface area contributed by atoms with E-state index in [1.807, 2.05) is 6.07 Å². The molecule has 1 aliphatic heterocycles. The Labute approximate surface area is 156 Å². The highest BCUT2D eigenvalue weighted by Gasteiger charge is 2.24. The normalized spacial score (nSPS) is 13.9. The molecule has 132 valence electrons. The molecule has 0 unspecified atom stereocenters. The number of phenols is 1. The first kappa shape index (κ1) is 16.6. The number of rotatable bonds is 3. The van der Waals surface area contributed by atoms with E-state index in [0.29, 0.717) is 22.5 Å². The Kier molecular flexibility index (Phi) is 4.18. The van der Waals surface area contributed by atoms with Gasteiger partial charge in [0.05, 0.1) is 0 Å². The summed E-state index contributed by atoms with van der Waals surface area (Å²) in [5.41, 5.74) is 3.89. The second kappa shape index (κ2) is 6.80. The zero-order chi connectivity index (χ0) is 18.8.